The third-order valence-corrected chi connectivity index (χ3v) is 8.94. The van der Waals surface area contributed by atoms with E-state index < -0.39 is 0 Å². The second kappa shape index (κ2) is 9.80. The zero-order chi connectivity index (χ0) is 20.2. The van der Waals surface area contributed by atoms with E-state index in [4.69, 9.17) is 0 Å². The Morgan fingerprint density at radius 1 is 0.897 bits per heavy atom. The molecule has 3 aliphatic carbocycles. The minimum absolute atomic E-state index is 0.00697. The fourth-order valence-corrected chi connectivity index (χ4v) is 7.02. The molecule has 0 spiro atoms. The predicted molar refractivity (Wildman–Crippen MR) is 122 cm³/mol. The molecule has 160 valence electrons. The van der Waals surface area contributed by atoms with Crippen molar-refractivity contribution in [1.82, 2.24) is 0 Å². The summed E-state index contributed by atoms with van der Waals surface area (Å²) in [5.41, 5.74) is 2.08. The Kier molecular flexibility index (Phi) is 7.14. The van der Waals surface area contributed by atoms with Gasteiger partial charge in [-0.05, 0) is 123 Å². The first-order valence-corrected chi connectivity index (χ1v) is 12.6. The standard InChI is InChI=1S/C28H41F/c1-3-5-6-23-13-14-27(19-28(23)29)22-11-9-21(10-12-22)25-16-15-24-17-20(4-2)7-8-26(24)18-25/h3,13-14,19-22,24-26H,1,4-12,15-18H2,2H3. The molecule has 1 aromatic carbocycles. The van der Waals surface area contributed by atoms with E-state index >= 15 is 0 Å². The van der Waals surface area contributed by atoms with E-state index in [-0.39, 0.29) is 5.82 Å². The Bertz CT molecular complexity index is 669. The van der Waals surface area contributed by atoms with Gasteiger partial charge in [-0.3, -0.25) is 0 Å². The summed E-state index contributed by atoms with van der Waals surface area (Å²) in [6.45, 7) is 6.13. The van der Waals surface area contributed by atoms with Gasteiger partial charge in [0, 0.05) is 0 Å². The van der Waals surface area contributed by atoms with E-state index in [9.17, 15) is 4.39 Å². The summed E-state index contributed by atoms with van der Waals surface area (Å²) in [5.74, 6) is 5.58. The van der Waals surface area contributed by atoms with Gasteiger partial charge in [-0.15, -0.1) is 6.58 Å². The molecule has 0 amide bonds. The van der Waals surface area contributed by atoms with Crippen LogP contribution in [0.3, 0.4) is 0 Å². The molecule has 1 heteroatoms. The first-order valence-electron chi connectivity index (χ1n) is 12.6. The number of rotatable bonds is 6. The average Bonchev–Trinajstić information content (AvgIpc) is 2.77. The normalized spacial score (nSPS) is 35.1. The molecule has 0 aliphatic heterocycles. The SMILES string of the molecule is C=CCCc1ccc(C2CCC(C3CCC4CC(CC)CCC4C3)CC2)cc1F. The largest absolute Gasteiger partial charge is 0.207 e. The number of halogens is 1. The zero-order valence-corrected chi connectivity index (χ0v) is 18.6. The van der Waals surface area contributed by atoms with Crippen molar-refractivity contribution in [1.29, 1.82) is 0 Å². The van der Waals surface area contributed by atoms with Gasteiger partial charge < -0.3 is 0 Å². The molecule has 0 nitrogen and oxygen atoms in total. The van der Waals surface area contributed by atoms with E-state index in [1.54, 1.807) is 0 Å². The van der Waals surface area contributed by atoms with Crippen LogP contribution in [0.1, 0.15) is 101 Å². The lowest BCUT2D eigenvalue weighted by atomic mass is 9.60. The van der Waals surface area contributed by atoms with E-state index in [1.165, 1.54) is 76.2 Å². The van der Waals surface area contributed by atoms with Crippen molar-refractivity contribution < 1.29 is 4.39 Å². The Labute approximate surface area is 178 Å². The van der Waals surface area contributed by atoms with Gasteiger partial charge in [0.1, 0.15) is 5.82 Å². The molecule has 0 saturated heterocycles. The molecule has 0 bridgehead atoms. The van der Waals surface area contributed by atoms with E-state index in [2.05, 4.69) is 19.6 Å². The predicted octanol–water partition coefficient (Wildman–Crippen LogP) is 8.46. The molecule has 0 radical (unpaired) electrons. The molecule has 3 aliphatic rings. The van der Waals surface area contributed by atoms with E-state index in [0.717, 1.165) is 48.0 Å². The van der Waals surface area contributed by atoms with Crippen molar-refractivity contribution in [3.05, 3.63) is 47.8 Å². The van der Waals surface area contributed by atoms with Crippen LogP contribution in [0.4, 0.5) is 4.39 Å². The van der Waals surface area contributed by atoms with Crippen LogP contribution in [0.15, 0.2) is 30.9 Å². The lowest BCUT2D eigenvalue weighted by Gasteiger charge is -2.45. The highest BCUT2D eigenvalue weighted by Gasteiger charge is 2.38. The van der Waals surface area contributed by atoms with Crippen LogP contribution in [0.2, 0.25) is 0 Å². The fourth-order valence-electron chi connectivity index (χ4n) is 7.02. The summed E-state index contributed by atoms with van der Waals surface area (Å²) in [4.78, 5) is 0. The molecule has 4 rings (SSSR count). The van der Waals surface area contributed by atoms with Gasteiger partial charge in [-0.1, -0.05) is 38.0 Å². The minimum atomic E-state index is -0.00697. The van der Waals surface area contributed by atoms with Crippen LogP contribution in [-0.2, 0) is 6.42 Å². The van der Waals surface area contributed by atoms with Gasteiger partial charge in [0.15, 0.2) is 0 Å². The molecule has 0 N–H and O–H groups in total. The molecule has 0 aromatic heterocycles. The Hall–Kier alpha value is -1.11. The highest BCUT2D eigenvalue weighted by Crippen LogP contribution is 2.50. The highest BCUT2D eigenvalue weighted by molar-refractivity contribution is 5.27. The van der Waals surface area contributed by atoms with Crippen molar-refractivity contribution in [2.75, 3.05) is 0 Å². The summed E-state index contributed by atoms with van der Waals surface area (Å²) >= 11 is 0. The van der Waals surface area contributed by atoms with Crippen LogP contribution in [-0.4, -0.2) is 0 Å². The molecule has 29 heavy (non-hydrogen) atoms. The second-order valence-electron chi connectivity index (χ2n) is 10.5. The third kappa shape index (κ3) is 4.97. The smallest absolute Gasteiger partial charge is 0.126 e. The van der Waals surface area contributed by atoms with Crippen molar-refractivity contribution in [3.63, 3.8) is 0 Å². The lowest BCUT2D eigenvalue weighted by molar-refractivity contribution is 0.0629. The number of hydrogen-bond donors (Lipinski definition) is 0. The van der Waals surface area contributed by atoms with Crippen molar-refractivity contribution >= 4 is 0 Å². The summed E-state index contributed by atoms with van der Waals surface area (Å²) in [6, 6.07) is 6.05. The van der Waals surface area contributed by atoms with Crippen LogP contribution in [0, 0.1) is 35.4 Å². The molecule has 0 heterocycles. The van der Waals surface area contributed by atoms with Gasteiger partial charge >= 0.3 is 0 Å². The molecular formula is C28H41F. The number of aryl methyl sites for hydroxylation is 1. The fraction of sp³-hybridized carbons (Fsp3) is 0.714. The number of fused-ring (bicyclic) bond motifs is 1. The minimum Gasteiger partial charge on any atom is -0.207 e. The molecule has 4 atom stereocenters. The van der Waals surface area contributed by atoms with Gasteiger partial charge in [-0.25, -0.2) is 4.39 Å². The van der Waals surface area contributed by atoms with Gasteiger partial charge in [-0.2, -0.15) is 0 Å². The lowest BCUT2D eigenvalue weighted by Crippen LogP contribution is -2.34. The van der Waals surface area contributed by atoms with Gasteiger partial charge in [0.05, 0.1) is 0 Å². The topological polar surface area (TPSA) is 0 Å². The first kappa shape index (κ1) is 21.1. The Morgan fingerprint density at radius 3 is 2.24 bits per heavy atom. The van der Waals surface area contributed by atoms with E-state index in [1.807, 2.05) is 18.2 Å². The maximum Gasteiger partial charge on any atom is 0.126 e. The Morgan fingerprint density at radius 2 is 1.55 bits per heavy atom. The van der Waals surface area contributed by atoms with Gasteiger partial charge in [0.25, 0.3) is 0 Å². The van der Waals surface area contributed by atoms with Crippen LogP contribution < -0.4 is 0 Å². The number of hydrogen-bond acceptors (Lipinski definition) is 0. The Balaban J connectivity index is 1.29. The van der Waals surface area contributed by atoms with E-state index in [0.29, 0.717) is 5.92 Å². The van der Waals surface area contributed by atoms with Crippen LogP contribution >= 0.6 is 0 Å². The summed E-state index contributed by atoms with van der Waals surface area (Å²) in [7, 11) is 0. The number of allylic oxidation sites excluding steroid dienone is 1. The molecule has 3 fully saturated rings. The first-order chi connectivity index (χ1) is 14.2. The van der Waals surface area contributed by atoms with Gasteiger partial charge in [0.2, 0.25) is 0 Å². The third-order valence-electron chi connectivity index (χ3n) is 8.94. The van der Waals surface area contributed by atoms with Crippen molar-refractivity contribution in [2.24, 2.45) is 29.6 Å². The summed E-state index contributed by atoms with van der Waals surface area (Å²) in [6.07, 6.45) is 19.2. The molecule has 3 saturated carbocycles. The second-order valence-corrected chi connectivity index (χ2v) is 10.5. The number of benzene rings is 1. The molecule has 4 unspecified atom stereocenters. The molecular weight excluding hydrogens is 355 g/mol. The zero-order valence-electron chi connectivity index (χ0n) is 18.6. The molecule has 1 aromatic rings. The maximum atomic E-state index is 14.5. The highest BCUT2D eigenvalue weighted by atomic mass is 19.1. The summed E-state index contributed by atoms with van der Waals surface area (Å²) < 4.78 is 14.5. The maximum absolute atomic E-state index is 14.5. The average molecular weight is 397 g/mol. The van der Waals surface area contributed by atoms with Crippen molar-refractivity contribution in [3.8, 4) is 0 Å². The quantitative estimate of drug-likeness (QED) is 0.423. The van der Waals surface area contributed by atoms with Crippen LogP contribution in [0.5, 0.6) is 0 Å². The monoisotopic (exact) mass is 396 g/mol. The van der Waals surface area contributed by atoms with Crippen LogP contribution in [0.25, 0.3) is 0 Å². The summed E-state index contributed by atoms with van der Waals surface area (Å²) in [5, 5.41) is 0. The van der Waals surface area contributed by atoms with Crippen molar-refractivity contribution in [2.45, 2.75) is 96.3 Å².